The molecule has 2 rings (SSSR count). The highest BCUT2D eigenvalue weighted by molar-refractivity contribution is 9.10. The van der Waals surface area contributed by atoms with E-state index in [0.717, 1.165) is 23.1 Å². The van der Waals surface area contributed by atoms with E-state index >= 15 is 0 Å². The minimum atomic E-state index is -0.366. The van der Waals surface area contributed by atoms with Crippen molar-refractivity contribution in [1.29, 1.82) is 0 Å². The molecule has 0 amide bonds. The molecule has 19 heavy (non-hydrogen) atoms. The Hall–Kier alpha value is -1.40. The van der Waals surface area contributed by atoms with Gasteiger partial charge in [-0.15, -0.1) is 11.3 Å². The van der Waals surface area contributed by atoms with Crippen LogP contribution in [0, 0.1) is 17.0 Å². The molecule has 0 radical (unpaired) electrons. The number of benzene rings is 1. The summed E-state index contributed by atoms with van der Waals surface area (Å²) in [6.45, 7) is 2.55. The van der Waals surface area contributed by atoms with Crippen LogP contribution in [0.2, 0.25) is 0 Å². The molecule has 0 atom stereocenters. The van der Waals surface area contributed by atoms with Crippen molar-refractivity contribution in [2.45, 2.75) is 13.3 Å². The molecule has 100 valence electrons. The van der Waals surface area contributed by atoms with Crippen LogP contribution in [0.3, 0.4) is 0 Å². The van der Waals surface area contributed by atoms with E-state index in [0.29, 0.717) is 5.56 Å². The van der Waals surface area contributed by atoms with E-state index in [9.17, 15) is 10.1 Å². The molecule has 0 bridgehead atoms. The van der Waals surface area contributed by atoms with Gasteiger partial charge in [0.05, 0.1) is 4.92 Å². The van der Waals surface area contributed by atoms with Crippen LogP contribution in [0.15, 0.2) is 34.1 Å². The van der Waals surface area contributed by atoms with Gasteiger partial charge in [0.1, 0.15) is 0 Å². The lowest BCUT2D eigenvalue weighted by atomic mass is 10.2. The summed E-state index contributed by atoms with van der Waals surface area (Å²) in [5.41, 5.74) is 1.68. The molecule has 4 nitrogen and oxygen atoms in total. The van der Waals surface area contributed by atoms with Gasteiger partial charge in [0.25, 0.3) is 5.69 Å². The molecule has 2 aromatic rings. The topological polar surface area (TPSA) is 55.2 Å². The normalized spacial score (nSPS) is 10.4. The molecule has 0 aliphatic heterocycles. The Labute approximate surface area is 123 Å². The number of thiophene rings is 1. The van der Waals surface area contributed by atoms with Gasteiger partial charge in [0.2, 0.25) is 0 Å². The average Bonchev–Trinajstić information content (AvgIpc) is 2.85. The van der Waals surface area contributed by atoms with Crippen molar-refractivity contribution in [2.24, 2.45) is 0 Å². The van der Waals surface area contributed by atoms with Gasteiger partial charge in [-0.3, -0.25) is 10.1 Å². The monoisotopic (exact) mass is 340 g/mol. The van der Waals surface area contributed by atoms with Gasteiger partial charge in [-0.2, -0.15) is 0 Å². The van der Waals surface area contributed by atoms with Gasteiger partial charge in [0, 0.05) is 33.2 Å². The first-order valence-corrected chi connectivity index (χ1v) is 7.46. The Bertz CT molecular complexity index is 585. The third kappa shape index (κ3) is 3.54. The van der Waals surface area contributed by atoms with Crippen LogP contribution in [-0.4, -0.2) is 11.5 Å². The maximum atomic E-state index is 10.8. The molecule has 0 saturated heterocycles. The van der Waals surface area contributed by atoms with Gasteiger partial charge < -0.3 is 5.32 Å². The number of nitro groups is 1. The van der Waals surface area contributed by atoms with E-state index in [-0.39, 0.29) is 10.6 Å². The van der Waals surface area contributed by atoms with E-state index in [1.165, 1.54) is 4.88 Å². The maximum Gasteiger partial charge on any atom is 0.273 e. The highest BCUT2D eigenvalue weighted by Crippen LogP contribution is 2.30. The van der Waals surface area contributed by atoms with Crippen LogP contribution >= 0.6 is 27.3 Å². The van der Waals surface area contributed by atoms with Crippen LogP contribution < -0.4 is 5.32 Å². The molecule has 0 saturated carbocycles. The summed E-state index contributed by atoms with van der Waals surface area (Å²) in [5.74, 6) is 0. The summed E-state index contributed by atoms with van der Waals surface area (Å²) in [6.07, 6.45) is 0.945. The lowest BCUT2D eigenvalue weighted by molar-refractivity contribution is -0.385. The predicted molar refractivity (Wildman–Crippen MR) is 82.0 cm³/mol. The van der Waals surface area contributed by atoms with Crippen LogP contribution in [0.4, 0.5) is 11.4 Å². The lowest BCUT2D eigenvalue weighted by Crippen LogP contribution is -2.05. The first kappa shape index (κ1) is 14.0. The van der Waals surface area contributed by atoms with Crippen molar-refractivity contribution in [3.05, 3.63) is 54.7 Å². The summed E-state index contributed by atoms with van der Waals surface area (Å²) in [5, 5.41) is 16.2. The number of halogens is 1. The molecule has 1 aromatic carbocycles. The Morgan fingerprint density at radius 3 is 2.89 bits per heavy atom. The molecule has 0 fully saturated rings. The number of nitrogens with zero attached hydrogens (tertiary/aromatic N) is 1. The molecule has 6 heteroatoms. The van der Waals surface area contributed by atoms with Crippen molar-refractivity contribution in [3.8, 4) is 0 Å². The first-order chi connectivity index (χ1) is 9.08. The predicted octanol–water partition coefficient (Wildman–Crippen LogP) is 4.38. The number of nitrogens with one attached hydrogen (secondary N) is 1. The molecule has 1 heterocycles. The number of hydrogen-bond acceptors (Lipinski definition) is 4. The van der Waals surface area contributed by atoms with Crippen molar-refractivity contribution in [1.82, 2.24) is 0 Å². The average molecular weight is 341 g/mol. The number of rotatable bonds is 5. The Morgan fingerprint density at radius 2 is 2.26 bits per heavy atom. The fourth-order valence-corrected chi connectivity index (χ4v) is 2.96. The summed E-state index contributed by atoms with van der Waals surface area (Å²) in [4.78, 5) is 11.8. The van der Waals surface area contributed by atoms with Crippen LogP contribution in [0.25, 0.3) is 0 Å². The molecule has 1 N–H and O–H groups in total. The SMILES string of the molecule is Cc1cc(NCCc2cccs2)c(Br)cc1[N+](=O)[O-]. The Balaban J connectivity index is 2.04. The van der Waals surface area contributed by atoms with Gasteiger partial charge in [-0.05, 0) is 46.8 Å². The molecule has 0 aliphatic carbocycles. The van der Waals surface area contributed by atoms with Gasteiger partial charge >= 0.3 is 0 Å². The van der Waals surface area contributed by atoms with Crippen molar-refractivity contribution >= 4 is 38.6 Å². The number of nitro benzene ring substituents is 1. The lowest BCUT2D eigenvalue weighted by Gasteiger charge is -2.09. The zero-order valence-electron chi connectivity index (χ0n) is 10.4. The van der Waals surface area contributed by atoms with Crippen molar-refractivity contribution in [3.63, 3.8) is 0 Å². The molecule has 0 unspecified atom stereocenters. The van der Waals surface area contributed by atoms with Crippen LogP contribution in [0.5, 0.6) is 0 Å². The number of hydrogen-bond donors (Lipinski definition) is 1. The Kier molecular flexibility index (Phi) is 4.55. The number of anilines is 1. The third-order valence-electron chi connectivity index (χ3n) is 2.75. The minimum Gasteiger partial charge on any atom is -0.384 e. The molecular weight excluding hydrogens is 328 g/mol. The van der Waals surface area contributed by atoms with Crippen LogP contribution in [0.1, 0.15) is 10.4 Å². The fraction of sp³-hybridized carbons (Fsp3) is 0.231. The van der Waals surface area contributed by atoms with Gasteiger partial charge in [-0.1, -0.05) is 6.07 Å². The second-order valence-electron chi connectivity index (χ2n) is 4.13. The molecule has 0 aliphatic rings. The summed E-state index contributed by atoms with van der Waals surface area (Å²) in [6, 6.07) is 7.48. The molecular formula is C13H13BrN2O2S. The first-order valence-electron chi connectivity index (χ1n) is 5.78. The zero-order chi connectivity index (χ0) is 13.8. The van der Waals surface area contributed by atoms with Crippen molar-refractivity contribution < 1.29 is 4.92 Å². The van der Waals surface area contributed by atoms with Crippen molar-refractivity contribution in [2.75, 3.05) is 11.9 Å². The van der Waals surface area contributed by atoms with E-state index in [1.54, 1.807) is 30.4 Å². The van der Waals surface area contributed by atoms with E-state index in [4.69, 9.17) is 0 Å². The largest absolute Gasteiger partial charge is 0.384 e. The second-order valence-corrected chi connectivity index (χ2v) is 6.02. The molecule has 1 aromatic heterocycles. The van der Waals surface area contributed by atoms with Gasteiger partial charge in [-0.25, -0.2) is 0 Å². The highest BCUT2D eigenvalue weighted by atomic mass is 79.9. The standard InChI is InChI=1S/C13H13BrN2O2S/c1-9-7-12(11(14)8-13(9)16(17)18)15-5-4-10-3-2-6-19-10/h2-3,6-8,15H,4-5H2,1H3. The van der Waals surface area contributed by atoms with E-state index < -0.39 is 0 Å². The summed E-state index contributed by atoms with van der Waals surface area (Å²) in [7, 11) is 0. The van der Waals surface area contributed by atoms with Crippen LogP contribution in [-0.2, 0) is 6.42 Å². The second kappa shape index (κ2) is 6.16. The zero-order valence-corrected chi connectivity index (χ0v) is 12.8. The fourth-order valence-electron chi connectivity index (χ4n) is 1.78. The van der Waals surface area contributed by atoms with E-state index in [1.807, 2.05) is 6.07 Å². The highest BCUT2D eigenvalue weighted by Gasteiger charge is 2.13. The smallest absolute Gasteiger partial charge is 0.273 e. The maximum absolute atomic E-state index is 10.8. The third-order valence-corrected chi connectivity index (χ3v) is 4.34. The summed E-state index contributed by atoms with van der Waals surface area (Å²) < 4.78 is 0.718. The van der Waals surface area contributed by atoms with E-state index in [2.05, 4.69) is 32.7 Å². The van der Waals surface area contributed by atoms with Gasteiger partial charge in [0.15, 0.2) is 0 Å². The number of aryl methyl sites for hydroxylation is 1. The quantitative estimate of drug-likeness (QED) is 0.648. The molecule has 0 spiro atoms. The summed E-state index contributed by atoms with van der Waals surface area (Å²) >= 11 is 5.09. The minimum absolute atomic E-state index is 0.135. The Morgan fingerprint density at radius 1 is 1.47 bits per heavy atom.